The number of hydrogen-bond acceptors (Lipinski definition) is 8. The molecule has 0 radical (unpaired) electrons. The second-order valence-corrected chi connectivity index (χ2v) is 1.53. The molecule has 0 bridgehead atoms. The van der Waals surface area contributed by atoms with Crippen LogP contribution in [0.15, 0.2) is 0 Å². The summed E-state index contributed by atoms with van der Waals surface area (Å²) in [4.78, 5) is 36.2. The standard InChI is InChI=1S/C4H8N2O6/c5-9-1-3(7)11-12-4(8)2-10-6/h1-2,5-6H2. The highest BCUT2D eigenvalue weighted by Crippen LogP contribution is 1.83. The number of carbonyl (C=O) groups excluding carboxylic acids is 2. The summed E-state index contributed by atoms with van der Waals surface area (Å²) in [5.41, 5.74) is 0. The SMILES string of the molecule is NOCC(=O)OOC(=O)CON. The van der Waals surface area contributed by atoms with Crippen molar-refractivity contribution < 1.29 is 29.0 Å². The third-order valence-electron chi connectivity index (χ3n) is 0.630. The van der Waals surface area contributed by atoms with E-state index in [0.717, 1.165) is 0 Å². The molecule has 0 aliphatic carbocycles. The zero-order chi connectivity index (χ0) is 9.40. The molecular formula is C4H8N2O6. The minimum atomic E-state index is -0.942. The van der Waals surface area contributed by atoms with Gasteiger partial charge in [0, 0.05) is 0 Å². The smallest absolute Gasteiger partial charge is 0.293 e. The zero-order valence-electron chi connectivity index (χ0n) is 6.02. The van der Waals surface area contributed by atoms with Crippen LogP contribution in [0, 0.1) is 0 Å². The highest BCUT2D eigenvalue weighted by Gasteiger charge is 2.08. The van der Waals surface area contributed by atoms with Gasteiger partial charge in [-0.25, -0.2) is 31.2 Å². The van der Waals surface area contributed by atoms with E-state index in [-0.39, 0.29) is 0 Å². The Morgan fingerprint density at radius 1 is 0.917 bits per heavy atom. The van der Waals surface area contributed by atoms with Crippen LogP contribution in [0.3, 0.4) is 0 Å². The fourth-order valence-electron chi connectivity index (χ4n) is 0.277. The van der Waals surface area contributed by atoms with Gasteiger partial charge in [-0.15, -0.1) is 0 Å². The first kappa shape index (κ1) is 10.8. The lowest BCUT2D eigenvalue weighted by molar-refractivity contribution is -0.264. The second kappa shape index (κ2) is 6.49. The van der Waals surface area contributed by atoms with E-state index in [1.165, 1.54) is 0 Å². The van der Waals surface area contributed by atoms with Gasteiger partial charge in [0.2, 0.25) is 0 Å². The molecule has 0 amide bonds. The van der Waals surface area contributed by atoms with Gasteiger partial charge in [0.25, 0.3) is 0 Å². The van der Waals surface area contributed by atoms with Crippen molar-refractivity contribution in [2.75, 3.05) is 13.2 Å². The quantitative estimate of drug-likeness (QED) is 0.368. The lowest BCUT2D eigenvalue weighted by atomic mass is 10.7. The molecule has 8 heteroatoms. The second-order valence-electron chi connectivity index (χ2n) is 1.53. The predicted octanol–water partition coefficient (Wildman–Crippen LogP) is -2.23. The van der Waals surface area contributed by atoms with E-state index in [1.54, 1.807) is 0 Å². The number of nitrogens with two attached hydrogens (primary N) is 2. The molecule has 0 heterocycles. The van der Waals surface area contributed by atoms with Crippen LogP contribution in [0.2, 0.25) is 0 Å². The fourth-order valence-corrected chi connectivity index (χ4v) is 0.277. The average Bonchev–Trinajstić information content (AvgIpc) is 2.02. The van der Waals surface area contributed by atoms with Gasteiger partial charge in [0.15, 0.2) is 13.2 Å². The summed E-state index contributed by atoms with van der Waals surface area (Å²) in [5.74, 6) is 7.13. The van der Waals surface area contributed by atoms with Crippen LogP contribution in [0.5, 0.6) is 0 Å². The van der Waals surface area contributed by atoms with E-state index >= 15 is 0 Å². The number of carbonyl (C=O) groups is 2. The molecule has 8 nitrogen and oxygen atoms in total. The summed E-state index contributed by atoms with van der Waals surface area (Å²) in [7, 11) is 0. The van der Waals surface area contributed by atoms with Crippen LogP contribution in [-0.4, -0.2) is 25.2 Å². The summed E-state index contributed by atoms with van der Waals surface area (Å²) in [6, 6.07) is 0. The highest BCUT2D eigenvalue weighted by atomic mass is 17.2. The number of rotatable bonds is 4. The Morgan fingerprint density at radius 2 is 1.25 bits per heavy atom. The van der Waals surface area contributed by atoms with Crippen molar-refractivity contribution in [1.29, 1.82) is 0 Å². The third-order valence-corrected chi connectivity index (χ3v) is 0.630. The highest BCUT2D eigenvalue weighted by molar-refractivity contribution is 5.74. The Kier molecular flexibility index (Phi) is 5.83. The van der Waals surface area contributed by atoms with Crippen LogP contribution < -0.4 is 11.8 Å². The van der Waals surface area contributed by atoms with Crippen LogP contribution in [-0.2, 0) is 29.0 Å². The Bertz CT molecular complexity index is 142. The normalized spacial score (nSPS) is 9.17. The summed E-state index contributed by atoms with van der Waals surface area (Å²) in [6.07, 6.45) is 0. The van der Waals surface area contributed by atoms with E-state index in [2.05, 4.69) is 31.2 Å². The van der Waals surface area contributed by atoms with Crippen molar-refractivity contribution in [3.05, 3.63) is 0 Å². The van der Waals surface area contributed by atoms with E-state index in [0.29, 0.717) is 0 Å². The maximum atomic E-state index is 10.4. The third kappa shape index (κ3) is 5.56. The van der Waals surface area contributed by atoms with Crippen LogP contribution in [0.4, 0.5) is 0 Å². The summed E-state index contributed by atoms with van der Waals surface area (Å²) in [5, 5.41) is 0. The largest absolute Gasteiger partial charge is 0.383 e. The first-order chi connectivity index (χ1) is 5.70. The van der Waals surface area contributed by atoms with Crippen molar-refractivity contribution in [3.8, 4) is 0 Å². The minimum absolute atomic E-state index is 0.517. The van der Waals surface area contributed by atoms with Crippen molar-refractivity contribution in [3.63, 3.8) is 0 Å². The summed E-state index contributed by atoms with van der Waals surface area (Å²) < 4.78 is 0. The van der Waals surface area contributed by atoms with E-state index in [4.69, 9.17) is 0 Å². The topological polar surface area (TPSA) is 123 Å². The fraction of sp³-hybridized carbons (Fsp3) is 0.500. The maximum Gasteiger partial charge on any atom is 0.383 e. The molecule has 0 aromatic carbocycles. The molecule has 0 aromatic heterocycles. The molecule has 0 saturated carbocycles. The molecule has 70 valence electrons. The molecule has 0 spiro atoms. The van der Waals surface area contributed by atoms with Gasteiger partial charge in [-0.2, -0.15) is 0 Å². The van der Waals surface area contributed by atoms with Crippen LogP contribution in [0.1, 0.15) is 0 Å². The molecule has 0 aliphatic rings. The molecule has 0 saturated heterocycles. The van der Waals surface area contributed by atoms with Gasteiger partial charge in [-0.05, 0) is 0 Å². The van der Waals surface area contributed by atoms with Crippen molar-refractivity contribution in [2.45, 2.75) is 0 Å². The summed E-state index contributed by atoms with van der Waals surface area (Å²) >= 11 is 0. The molecule has 0 rings (SSSR count). The molecule has 12 heavy (non-hydrogen) atoms. The lowest BCUT2D eigenvalue weighted by Crippen LogP contribution is -2.21. The van der Waals surface area contributed by atoms with Crippen molar-refractivity contribution in [1.82, 2.24) is 0 Å². The Balaban J connectivity index is 3.40. The predicted molar refractivity (Wildman–Crippen MR) is 32.5 cm³/mol. The zero-order valence-corrected chi connectivity index (χ0v) is 6.02. The van der Waals surface area contributed by atoms with E-state index < -0.39 is 25.2 Å². The Morgan fingerprint density at radius 3 is 1.50 bits per heavy atom. The molecular weight excluding hydrogens is 172 g/mol. The van der Waals surface area contributed by atoms with Gasteiger partial charge in [-0.3, -0.25) is 9.68 Å². The first-order valence-corrected chi connectivity index (χ1v) is 2.74. The monoisotopic (exact) mass is 180 g/mol. The van der Waals surface area contributed by atoms with Gasteiger partial charge in [0.1, 0.15) is 0 Å². The molecule has 0 unspecified atom stereocenters. The summed E-state index contributed by atoms with van der Waals surface area (Å²) in [6.45, 7) is -1.03. The minimum Gasteiger partial charge on any atom is -0.293 e. The van der Waals surface area contributed by atoms with Gasteiger partial charge >= 0.3 is 11.9 Å². The Labute approximate surface area is 67.1 Å². The number of hydrogen-bond donors (Lipinski definition) is 2. The van der Waals surface area contributed by atoms with E-state index in [9.17, 15) is 9.59 Å². The van der Waals surface area contributed by atoms with Crippen LogP contribution in [0.25, 0.3) is 0 Å². The van der Waals surface area contributed by atoms with Gasteiger partial charge < -0.3 is 0 Å². The van der Waals surface area contributed by atoms with Crippen LogP contribution >= 0.6 is 0 Å². The molecule has 0 aromatic rings. The lowest BCUT2D eigenvalue weighted by Gasteiger charge is -2.00. The first-order valence-electron chi connectivity index (χ1n) is 2.74. The molecule has 0 aliphatic heterocycles. The average molecular weight is 180 g/mol. The van der Waals surface area contributed by atoms with Gasteiger partial charge in [0.05, 0.1) is 0 Å². The Hall–Kier alpha value is -1.22. The maximum absolute atomic E-state index is 10.4. The van der Waals surface area contributed by atoms with Crippen molar-refractivity contribution >= 4 is 11.9 Å². The van der Waals surface area contributed by atoms with E-state index in [1.807, 2.05) is 0 Å². The van der Waals surface area contributed by atoms with Crippen molar-refractivity contribution in [2.24, 2.45) is 11.8 Å². The van der Waals surface area contributed by atoms with Gasteiger partial charge in [-0.1, -0.05) is 0 Å². The molecule has 4 N–H and O–H groups in total. The molecule has 0 atom stereocenters. The molecule has 0 fully saturated rings.